The number of pyridine rings is 2. The molecule has 0 atom stereocenters. The minimum absolute atomic E-state index is 0.0653. The summed E-state index contributed by atoms with van der Waals surface area (Å²) in [6.07, 6.45) is 6.88. The molecule has 1 aliphatic rings. The van der Waals surface area contributed by atoms with E-state index < -0.39 is 0 Å². The molecule has 1 saturated heterocycles. The smallest absolute Gasteiger partial charge is 0.240 e. The van der Waals surface area contributed by atoms with Gasteiger partial charge in [0, 0.05) is 35.7 Å². The van der Waals surface area contributed by atoms with E-state index in [1.807, 2.05) is 30.3 Å². The van der Waals surface area contributed by atoms with Crippen molar-refractivity contribution in [2.24, 2.45) is 0 Å². The second-order valence-electron chi connectivity index (χ2n) is 6.45. The van der Waals surface area contributed by atoms with Gasteiger partial charge < -0.3 is 9.64 Å². The molecule has 0 saturated carbocycles. The zero-order chi connectivity index (χ0) is 18.1. The number of hydrogen-bond donors (Lipinski definition) is 0. The van der Waals surface area contributed by atoms with E-state index >= 15 is 0 Å². The Morgan fingerprint density at radius 1 is 0.852 bits per heavy atom. The minimum atomic E-state index is 0.0653. The molecule has 0 aliphatic carbocycles. The molecule has 0 spiro atoms. The summed E-state index contributed by atoms with van der Waals surface area (Å²) in [5, 5.41) is 1.15. The quantitative estimate of drug-likeness (QED) is 0.559. The summed E-state index contributed by atoms with van der Waals surface area (Å²) in [6, 6.07) is 16.1. The van der Waals surface area contributed by atoms with Crippen LogP contribution in [0.25, 0.3) is 22.2 Å². The first-order chi connectivity index (χ1) is 13.4. The van der Waals surface area contributed by atoms with Gasteiger partial charge in [-0.2, -0.15) is 0 Å². The highest BCUT2D eigenvalue weighted by Crippen LogP contribution is 2.29. The average molecular weight is 355 g/mol. The fraction of sp³-hybridized carbons (Fsp3) is 0.143. The molecule has 4 heterocycles. The van der Waals surface area contributed by atoms with Gasteiger partial charge in [-0.15, -0.1) is 0 Å². The number of aromatic nitrogens is 4. The van der Waals surface area contributed by atoms with Crippen LogP contribution in [0.15, 0.2) is 73.3 Å². The normalized spacial score (nSPS) is 14.1. The van der Waals surface area contributed by atoms with Gasteiger partial charge in [-0.25, -0.2) is 15.0 Å². The summed E-state index contributed by atoms with van der Waals surface area (Å²) in [5.74, 6) is 1.53. The Kier molecular flexibility index (Phi) is 3.86. The summed E-state index contributed by atoms with van der Waals surface area (Å²) in [5.41, 5.74) is 2.69. The second-order valence-corrected chi connectivity index (χ2v) is 6.45. The van der Waals surface area contributed by atoms with Gasteiger partial charge >= 0.3 is 0 Å². The molecule has 4 aromatic rings. The number of fused-ring (bicyclic) bond motifs is 1. The van der Waals surface area contributed by atoms with Crippen molar-refractivity contribution in [2.45, 2.75) is 6.10 Å². The van der Waals surface area contributed by atoms with E-state index in [4.69, 9.17) is 9.72 Å². The monoisotopic (exact) mass is 355 g/mol. The van der Waals surface area contributed by atoms with Crippen molar-refractivity contribution in [3.05, 3.63) is 73.3 Å². The number of benzene rings is 1. The van der Waals surface area contributed by atoms with Crippen molar-refractivity contribution in [1.82, 2.24) is 19.9 Å². The Hall–Kier alpha value is -3.54. The third-order valence-electron chi connectivity index (χ3n) is 4.65. The lowest BCUT2D eigenvalue weighted by Crippen LogP contribution is -2.54. The van der Waals surface area contributed by atoms with Gasteiger partial charge in [-0.3, -0.25) is 4.98 Å². The average Bonchev–Trinajstić information content (AvgIpc) is 2.71. The van der Waals surface area contributed by atoms with Crippen LogP contribution in [-0.4, -0.2) is 39.1 Å². The molecule has 0 bridgehead atoms. The summed E-state index contributed by atoms with van der Waals surface area (Å²) < 4.78 is 6.11. The van der Waals surface area contributed by atoms with Crippen LogP contribution in [0.2, 0.25) is 0 Å². The van der Waals surface area contributed by atoms with Crippen molar-refractivity contribution in [3.8, 4) is 17.1 Å². The van der Waals surface area contributed by atoms with Crippen LogP contribution < -0.4 is 9.64 Å². The van der Waals surface area contributed by atoms with Crippen molar-refractivity contribution >= 4 is 16.7 Å². The van der Waals surface area contributed by atoms with E-state index in [1.54, 1.807) is 24.8 Å². The summed E-state index contributed by atoms with van der Waals surface area (Å²) in [6.45, 7) is 1.55. The molecule has 3 aromatic heterocycles. The molecule has 1 aromatic carbocycles. The molecule has 1 aliphatic heterocycles. The van der Waals surface area contributed by atoms with Gasteiger partial charge in [0.05, 0.1) is 18.6 Å². The van der Waals surface area contributed by atoms with Crippen LogP contribution in [0.1, 0.15) is 0 Å². The summed E-state index contributed by atoms with van der Waals surface area (Å²) >= 11 is 0. The molecular formula is C21H17N5O. The molecule has 5 rings (SSSR count). The maximum Gasteiger partial charge on any atom is 0.240 e. The first-order valence-electron chi connectivity index (χ1n) is 8.85. The fourth-order valence-electron chi connectivity index (χ4n) is 3.21. The van der Waals surface area contributed by atoms with Crippen LogP contribution in [0, 0.1) is 0 Å². The van der Waals surface area contributed by atoms with E-state index in [0.29, 0.717) is 5.88 Å². The maximum absolute atomic E-state index is 6.11. The molecule has 0 radical (unpaired) electrons. The van der Waals surface area contributed by atoms with Crippen LogP contribution in [0.3, 0.4) is 0 Å². The molecule has 132 valence electrons. The summed E-state index contributed by atoms with van der Waals surface area (Å²) in [4.78, 5) is 19.8. The van der Waals surface area contributed by atoms with Crippen LogP contribution in [-0.2, 0) is 0 Å². The van der Waals surface area contributed by atoms with Crippen LogP contribution in [0.4, 0.5) is 5.82 Å². The Labute approximate surface area is 156 Å². The highest BCUT2D eigenvalue weighted by molar-refractivity contribution is 5.80. The topological polar surface area (TPSA) is 64.0 Å². The highest BCUT2D eigenvalue weighted by atomic mass is 16.5. The second kappa shape index (κ2) is 6.64. The van der Waals surface area contributed by atoms with Crippen molar-refractivity contribution in [1.29, 1.82) is 0 Å². The van der Waals surface area contributed by atoms with Crippen molar-refractivity contribution in [2.75, 3.05) is 18.0 Å². The molecule has 27 heavy (non-hydrogen) atoms. The van der Waals surface area contributed by atoms with Crippen molar-refractivity contribution in [3.63, 3.8) is 0 Å². The number of para-hydroxylation sites is 1. The van der Waals surface area contributed by atoms with Gasteiger partial charge in [0.2, 0.25) is 5.88 Å². The van der Waals surface area contributed by atoms with Crippen LogP contribution >= 0.6 is 0 Å². The first kappa shape index (κ1) is 15.7. The van der Waals surface area contributed by atoms with E-state index in [9.17, 15) is 0 Å². The Bertz CT molecular complexity index is 1080. The standard InChI is InChI=1S/C21H17N5O/c1-2-4-18-15(3-1)5-6-19(25-18)26-13-17(14-26)27-21-20(23-11-12-24-21)16-7-9-22-10-8-16/h1-12,17H,13-14H2. The van der Waals surface area contributed by atoms with E-state index in [1.165, 1.54) is 0 Å². The molecule has 6 heteroatoms. The Balaban J connectivity index is 1.31. The van der Waals surface area contributed by atoms with E-state index in [0.717, 1.165) is 41.1 Å². The third kappa shape index (κ3) is 3.06. The highest BCUT2D eigenvalue weighted by Gasteiger charge is 2.30. The lowest BCUT2D eigenvalue weighted by atomic mass is 10.1. The molecule has 0 N–H and O–H groups in total. The molecule has 6 nitrogen and oxygen atoms in total. The predicted molar refractivity (Wildman–Crippen MR) is 104 cm³/mol. The van der Waals surface area contributed by atoms with Gasteiger partial charge in [-0.05, 0) is 30.3 Å². The number of ether oxygens (including phenoxy) is 1. The molecule has 0 amide bonds. The number of rotatable bonds is 4. The maximum atomic E-state index is 6.11. The van der Waals surface area contributed by atoms with Crippen molar-refractivity contribution < 1.29 is 4.74 Å². The molecule has 1 fully saturated rings. The minimum Gasteiger partial charge on any atom is -0.469 e. The Morgan fingerprint density at radius 3 is 2.56 bits per heavy atom. The number of anilines is 1. The number of hydrogen-bond acceptors (Lipinski definition) is 6. The molecular weight excluding hydrogens is 338 g/mol. The fourth-order valence-corrected chi connectivity index (χ4v) is 3.21. The lowest BCUT2D eigenvalue weighted by molar-refractivity contribution is 0.160. The number of nitrogens with zero attached hydrogens (tertiary/aromatic N) is 5. The Morgan fingerprint density at radius 2 is 1.67 bits per heavy atom. The zero-order valence-corrected chi connectivity index (χ0v) is 14.6. The largest absolute Gasteiger partial charge is 0.469 e. The van der Waals surface area contributed by atoms with Crippen LogP contribution in [0.5, 0.6) is 5.88 Å². The van der Waals surface area contributed by atoms with Gasteiger partial charge in [0.25, 0.3) is 0 Å². The lowest BCUT2D eigenvalue weighted by Gasteiger charge is -2.39. The molecule has 0 unspecified atom stereocenters. The predicted octanol–water partition coefficient (Wildman–Crippen LogP) is 3.35. The first-order valence-corrected chi connectivity index (χ1v) is 8.85. The van der Waals surface area contributed by atoms with E-state index in [2.05, 4.69) is 38.1 Å². The van der Waals surface area contributed by atoms with E-state index in [-0.39, 0.29) is 6.10 Å². The van der Waals surface area contributed by atoms with Gasteiger partial charge in [0.1, 0.15) is 17.6 Å². The third-order valence-corrected chi connectivity index (χ3v) is 4.65. The summed E-state index contributed by atoms with van der Waals surface area (Å²) in [7, 11) is 0. The van der Waals surface area contributed by atoms with Gasteiger partial charge in [0.15, 0.2) is 0 Å². The zero-order valence-electron chi connectivity index (χ0n) is 14.6. The SMILES string of the molecule is c1ccc2nc(N3CC(Oc4nccnc4-c4ccncc4)C3)ccc2c1. The van der Waals surface area contributed by atoms with Gasteiger partial charge in [-0.1, -0.05) is 18.2 Å².